The van der Waals surface area contributed by atoms with E-state index >= 15 is 0 Å². The molecule has 0 bridgehead atoms. The van der Waals surface area contributed by atoms with Crippen LogP contribution in [0.5, 0.6) is 0 Å². The summed E-state index contributed by atoms with van der Waals surface area (Å²) in [7, 11) is 0. The van der Waals surface area contributed by atoms with Gasteiger partial charge in [0, 0.05) is 35.5 Å². The summed E-state index contributed by atoms with van der Waals surface area (Å²) in [6.07, 6.45) is 10.6. The van der Waals surface area contributed by atoms with Crippen molar-refractivity contribution in [1.29, 1.82) is 0 Å². The second-order valence-electron chi connectivity index (χ2n) is 8.18. The van der Waals surface area contributed by atoms with Gasteiger partial charge in [0.1, 0.15) is 17.2 Å². The minimum absolute atomic E-state index is 0.184. The number of carbonyl (C=O) groups excluding carboxylic acids is 1. The molecule has 0 amide bonds. The largest absolute Gasteiger partial charge is 0.356 e. The Kier molecular flexibility index (Phi) is 4.72. The molecule has 0 saturated carbocycles. The molecular weight excluding hydrogens is 425 g/mol. The first kappa shape index (κ1) is 19.7. The molecule has 6 rings (SSSR count). The van der Waals surface area contributed by atoms with E-state index in [1.807, 2.05) is 6.20 Å². The van der Waals surface area contributed by atoms with Gasteiger partial charge in [-0.05, 0) is 43.5 Å². The SMILES string of the molecule is O=Cc1ccc2nc(Cn3cc(-c4cc(F)cc5c4cnn5C4CCCCO4)nn3)cn2c1. The number of aromatic nitrogens is 7. The van der Waals surface area contributed by atoms with Crippen LogP contribution >= 0.6 is 0 Å². The van der Waals surface area contributed by atoms with E-state index in [1.165, 1.54) is 12.1 Å². The smallest absolute Gasteiger partial charge is 0.151 e. The van der Waals surface area contributed by atoms with Crippen LogP contribution in [0, 0.1) is 5.82 Å². The number of hydrogen-bond acceptors (Lipinski definition) is 6. The predicted molar refractivity (Wildman–Crippen MR) is 117 cm³/mol. The van der Waals surface area contributed by atoms with Crippen molar-refractivity contribution >= 4 is 22.8 Å². The summed E-state index contributed by atoms with van der Waals surface area (Å²) in [5.41, 5.74) is 3.93. The number of benzene rings is 1. The highest BCUT2D eigenvalue weighted by Gasteiger charge is 2.21. The van der Waals surface area contributed by atoms with Gasteiger partial charge in [0.2, 0.25) is 0 Å². The van der Waals surface area contributed by atoms with Gasteiger partial charge in [0.15, 0.2) is 12.5 Å². The van der Waals surface area contributed by atoms with Crippen LogP contribution in [0.15, 0.2) is 49.1 Å². The molecule has 1 aliphatic rings. The number of nitrogens with zero attached hydrogens (tertiary/aromatic N) is 7. The lowest BCUT2D eigenvalue weighted by atomic mass is 10.1. The molecule has 1 saturated heterocycles. The number of fused-ring (bicyclic) bond motifs is 2. The van der Waals surface area contributed by atoms with Crippen LogP contribution < -0.4 is 0 Å². The molecule has 1 unspecified atom stereocenters. The lowest BCUT2D eigenvalue weighted by Gasteiger charge is -2.23. The second-order valence-corrected chi connectivity index (χ2v) is 8.18. The zero-order valence-corrected chi connectivity index (χ0v) is 17.6. The molecule has 1 atom stereocenters. The molecule has 5 heterocycles. The molecule has 0 spiro atoms. The minimum atomic E-state index is -0.365. The fourth-order valence-electron chi connectivity index (χ4n) is 4.34. The van der Waals surface area contributed by atoms with Crippen molar-refractivity contribution < 1.29 is 13.9 Å². The van der Waals surface area contributed by atoms with Crippen LogP contribution in [-0.4, -0.2) is 47.1 Å². The van der Waals surface area contributed by atoms with Crippen molar-refractivity contribution in [3.63, 3.8) is 0 Å². The summed E-state index contributed by atoms with van der Waals surface area (Å²) in [6, 6.07) is 6.45. The predicted octanol–water partition coefficient (Wildman–Crippen LogP) is 3.64. The van der Waals surface area contributed by atoms with Gasteiger partial charge in [0.05, 0.1) is 30.1 Å². The maximum absolute atomic E-state index is 14.6. The third-order valence-electron chi connectivity index (χ3n) is 5.91. The maximum Gasteiger partial charge on any atom is 0.151 e. The van der Waals surface area contributed by atoms with Crippen molar-refractivity contribution in [2.75, 3.05) is 6.61 Å². The van der Waals surface area contributed by atoms with Crippen LogP contribution in [0.1, 0.15) is 41.5 Å². The topological polar surface area (TPSA) is 92.1 Å². The number of hydrogen-bond donors (Lipinski definition) is 0. The van der Waals surface area contributed by atoms with Crippen molar-refractivity contribution in [3.05, 3.63) is 66.1 Å². The zero-order valence-electron chi connectivity index (χ0n) is 17.6. The molecule has 0 aliphatic carbocycles. The Morgan fingerprint density at radius 1 is 1.18 bits per heavy atom. The molecule has 0 N–H and O–H groups in total. The van der Waals surface area contributed by atoms with E-state index < -0.39 is 0 Å². The lowest BCUT2D eigenvalue weighted by Crippen LogP contribution is -2.19. The molecule has 166 valence electrons. The van der Waals surface area contributed by atoms with Gasteiger partial charge in [-0.25, -0.2) is 18.7 Å². The summed E-state index contributed by atoms with van der Waals surface area (Å²) in [4.78, 5) is 15.6. The quantitative estimate of drug-likeness (QED) is 0.384. The van der Waals surface area contributed by atoms with Crippen molar-refractivity contribution in [2.45, 2.75) is 32.0 Å². The van der Waals surface area contributed by atoms with Crippen LogP contribution in [0.25, 0.3) is 27.8 Å². The highest BCUT2D eigenvalue weighted by molar-refractivity contribution is 5.93. The first-order chi connectivity index (χ1) is 16.2. The fraction of sp³-hybridized carbons (Fsp3) is 0.261. The van der Waals surface area contributed by atoms with Gasteiger partial charge in [-0.3, -0.25) is 4.79 Å². The maximum atomic E-state index is 14.6. The molecule has 9 nitrogen and oxygen atoms in total. The van der Waals surface area contributed by atoms with Crippen molar-refractivity contribution in [2.24, 2.45) is 0 Å². The Morgan fingerprint density at radius 3 is 2.97 bits per heavy atom. The molecule has 1 aromatic carbocycles. The molecule has 10 heteroatoms. The Balaban J connectivity index is 1.32. The van der Waals surface area contributed by atoms with E-state index in [4.69, 9.17) is 4.74 Å². The summed E-state index contributed by atoms with van der Waals surface area (Å²) in [5.74, 6) is -0.365. The Morgan fingerprint density at radius 2 is 2.12 bits per heavy atom. The molecule has 4 aromatic heterocycles. The molecule has 1 aliphatic heterocycles. The third-order valence-corrected chi connectivity index (χ3v) is 5.91. The van der Waals surface area contributed by atoms with Crippen LogP contribution in [0.2, 0.25) is 0 Å². The van der Waals surface area contributed by atoms with Gasteiger partial charge < -0.3 is 9.14 Å². The van der Waals surface area contributed by atoms with Gasteiger partial charge >= 0.3 is 0 Å². The first-order valence-electron chi connectivity index (χ1n) is 10.8. The summed E-state index contributed by atoms with van der Waals surface area (Å²) in [5, 5.41) is 13.8. The minimum Gasteiger partial charge on any atom is -0.356 e. The third kappa shape index (κ3) is 3.58. The zero-order chi connectivity index (χ0) is 22.4. The first-order valence-corrected chi connectivity index (χ1v) is 10.8. The number of halogens is 1. The Hall–Kier alpha value is -3.92. The number of aldehydes is 1. The van der Waals surface area contributed by atoms with E-state index in [0.29, 0.717) is 35.5 Å². The monoisotopic (exact) mass is 445 g/mol. The van der Waals surface area contributed by atoms with E-state index in [9.17, 15) is 9.18 Å². The van der Waals surface area contributed by atoms with E-state index in [-0.39, 0.29) is 12.0 Å². The average molecular weight is 445 g/mol. The van der Waals surface area contributed by atoms with Gasteiger partial charge in [0.25, 0.3) is 0 Å². The fourth-order valence-corrected chi connectivity index (χ4v) is 4.34. The van der Waals surface area contributed by atoms with E-state index in [2.05, 4.69) is 20.4 Å². The van der Waals surface area contributed by atoms with Crippen LogP contribution in [0.4, 0.5) is 4.39 Å². The van der Waals surface area contributed by atoms with E-state index in [1.54, 1.807) is 44.5 Å². The number of carbonyl (C=O) groups is 1. The molecule has 5 aromatic rings. The number of ether oxygens (including phenoxy) is 1. The van der Waals surface area contributed by atoms with Crippen LogP contribution in [-0.2, 0) is 11.3 Å². The summed E-state index contributed by atoms with van der Waals surface area (Å²) >= 11 is 0. The van der Waals surface area contributed by atoms with Gasteiger partial charge in [-0.1, -0.05) is 5.21 Å². The lowest BCUT2D eigenvalue weighted by molar-refractivity contribution is -0.0366. The van der Waals surface area contributed by atoms with Crippen molar-refractivity contribution in [3.8, 4) is 11.3 Å². The van der Waals surface area contributed by atoms with E-state index in [0.717, 1.165) is 42.3 Å². The number of pyridine rings is 1. The van der Waals surface area contributed by atoms with Crippen molar-refractivity contribution in [1.82, 2.24) is 34.2 Å². The standard InChI is InChI=1S/C23H20FN7O2/c24-16-7-18(19-9-25-31(21(19)8-16)23-3-1-2-6-33-23)20-13-30(28-27-20)12-17-11-29-10-15(14-32)4-5-22(29)26-17/h4-5,7-11,13-14,23H,1-3,6,12H2. The Bertz CT molecular complexity index is 1480. The molecule has 33 heavy (non-hydrogen) atoms. The normalized spacial score (nSPS) is 16.6. The number of rotatable bonds is 5. The highest BCUT2D eigenvalue weighted by atomic mass is 19.1. The number of imidazole rings is 1. The summed E-state index contributed by atoms with van der Waals surface area (Å²) in [6.45, 7) is 1.07. The molecule has 0 radical (unpaired) electrons. The van der Waals surface area contributed by atoms with Gasteiger partial charge in [-0.15, -0.1) is 5.10 Å². The Labute approximate surface area is 187 Å². The molecular formula is C23H20FN7O2. The average Bonchev–Trinajstić information content (AvgIpc) is 3.56. The second kappa shape index (κ2) is 7.89. The highest BCUT2D eigenvalue weighted by Crippen LogP contribution is 2.32. The molecule has 1 fully saturated rings. The van der Waals surface area contributed by atoms with Crippen LogP contribution in [0.3, 0.4) is 0 Å². The van der Waals surface area contributed by atoms with Gasteiger partial charge in [-0.2, -0.15) is 5.10 Å². The summed E-state index contributed by atoms with van der Waals surface area (Å²) < 4.78 is 25.6.